The molecule has 144 valence electrons. The molecule has 1 saturated heterocycles. The number of benzene rings is 1. The van der Waals surface area contributed by atoms with E-state index >= 15 is 0 Å². The van der Waals surface area contributed by atoms with Crippen LogP contribution in [0.15, 0.2) is 47.1 Å². The number of halogens is 1. The molecule has 1 amide bonds. The number of ether oxygens (including phenoxy) is 1. The molecule has 28 heavy (non-hydrogen) atoms. The van der Waals surface area contributed by atoms with Crippen molar-refractivity contribution >= 4 is 17.5 Å². The Labute approximate surface area is 167 Å². The lowest BCUT2D eigenvalue weighted by Gasteiger charge is -2.31. The van der Waals surface area contributed by atoms with Gasteiger partial charge in [-0.15, -0.1) is 0 Å². The van der Waals surface area contributed by atoms with Crippen LogP contribution in [0, 0.1) is 0 Å². The van der Waals surface area contributed by atoms with Crippen molar-refractivity contribution < 1.29 is 14.1 Å². The summed E-state index contributed by atoms with van der Waals surface area (Å²) in [5.74, 6) is 1.65. The zero-order chi connectivity index (χ0) is 19.5. The average Bonchev–Trinajstić information content (AvgIpc) is 3.24. The predicted molar refractivity (Wildman–Crippen MR) is 103 cm³/mol. The Balaban J connectivity index is 1.51. The van der Waals surface area contributed by atoms with Gasteiger partial charge in [0.25, 0.3) is 11.8 Å². The first-order valence-electron chi connectivity index (χ1n) is 9.03. The minimum atomic E-state index is -0.126. The van der Waals surface area contributed by atoms with E-state index < -0.39 is 0 Å². The molecule has 0 bridgehead atoms. The molecule has 1 aliphatic heterocycles. The second kappa shape index (κ2) is 7.98. The first-order chi connectivity index (χ1) is 13.7. The highest BCUT2D eigenvalue weighted by atomic mass is 35.5. The van der Waals surface area contributed by atoms with Crippen molar-refractivity contribution in [3.63, 3.8) is 0 Å². The molecule has 1 aliphatic rings. The van der Waals surface area contributed by atoms with Gasteiger partial charge >= 0.3 is 0 Å². The SMILES string of the molecule is COc1cccc(-c2nc(C3CCCN(C(=O)c4cccnc4Cl)C3)no2)c1. The topological polar surface area (TPSA) is 81.4 Å². The molecule has 0 spiro atoms. The van der Waals surface area contributed by atoms with Crippen LogP contribution in [0.1, 0.15) is 34.9 Å². The van der Waals surface area contributed by atoms with Crippen molar-refractivity contribution in [1.29, 1.82) is 0 Å². The highest BCUT2D eigenvalue weighted by Crippen LogP contribution is 2.29. The Morgan fingerprint density at radius 1 is 1.32 bits per heavy atom. The Morgan fingerprint density at radius 2 is 2.21 bits per heavy atom. The number of hydrogen-bond donors (Lipinski definition) is 0. The van der Waals surface area contributed by atoms with Gasteiger partial charge in [0.05, 0.1) is 12.7 Å². The standard InChI is InChI=1S/C20H19ClN4O3/c1-27-15-7-2-5-13(11-15)19-23-18(24-28-19)14-6-4-10-25(12-14)20(26)16-8-3-9-22-17(16)21/h2-3,5,7-9,11,14H,4,6,10,12H2,1H3. The molecule has 7 nitrogen and oxygen atoms in total. The second-order valence-electron chi connectivity index (χ2n) is 6.62. The lowest BCUT2D eigenvalue weighted by molar-refractivity contribution is 0.0703. The summed E-state index contributed by atoms with van der Waals surface area (Å²) in [5.41, 5.74) is 1.21. The molecule has 2 aromatic heterocycles. The van der Waals surface area contributed by atoms with Crippen molar-refractivity contribution in [3.8, 4) is 17.2 Å². The van der Waals surface area contributed by atoms with Crippen LogP contribution < -0.4 is 4.74 Å². The third-order valence-electron chi connectivity index (χ3n) is 4.82. The number of amides is 1. The second-order valence-corrected chi connectivity index (χ2v) is 6.98. The van der Waals surface area contributed by atoms with Gasteiger partial charge in [-0.25, -0.2) is 4.98 Å². The fourth-order valence-corrected chi connectivity index (χ4v) is 3.56. The van der Waals surface area contributed by atoms with Gasteiger partial charge in [-0.1, -0.05) is 22.8 Å². The van der Waals surface area contributed by atoms with Crippen molar-refractivity contribution in [2.24, 2.45) is 0 Å². The monoisotopic (exact) mass is 398 g/mol. The van der Waals surface area contributed by atoms with Gasteiger partial charge in [-0.05, 0) is 43.2 Å². The summed E-state index contributed by atoms with van der Waals surface area (Å²) >= 11 is 6.08. The van der Waals surface area contributed by atoms with Gasteiger partial charge in [-0.3, -0.25) is 4.79 Å². The Morgan fingerprint density at radius 3 is 3.04 bits per heavy atom. The molecule has 0 radical (unpaired) electrons. The van der Waals surface area contributed by atoms with E-state index in [1.807, 2.05) is 24.3 Å². The number of hydrogen-bond acceptors (Lipinski definition) is 6. The van der Waals surface area contributed by atoms with Crippen LogP contribution in [0.4, 0.5) is 0 Å². The molecule has 1 aromatic carbocycles. The molecule has 0 N–H and O–H groups in total. The zero-order valence-corrected chi connectivity index (χ0v) is 16.1. The number of piperidine rings is 1. The Hall–Kier alpha value is -2.93. The van der Waals surface area contributed by atoms with Gasteiger partial charge in [-0.2, -0.15) is 4.98 Å². The Bertz CT molecular complexity index is 991. The molecule has 0 aliphatic carbocycles. The van der Waals surface area contributed by atoms with E-state index in [0.29, 0.717) is 30.4 Å². The van der Waals surface area contributed by atoms with E-state index in [1.54, 1.807) is 30.3 Å². The molecule has 3 heterocycles. The summed E-state index contributed by atoms with van der Waals surface area (Å²) in [4.78, 5) is 23.1. The minimum absolute atomic E-state index is 0.0104. The van der Waals surface area contributed by atoms with Gasteiger partial charge in [0.2, 0.25) is 0 Å². The van der Waals surface area contributed by atoms with Crippen LogP contribution >= 0.6 is 11.6 Å². The van der Waals surface area contributed by atoms with Gasteiger partial charge in [0.1, 0.15) is 10.9 Å². The summed E-state index contributed by atoms with van der Waals surface area (Å²) < 4.78 is 10.7. The maximum atomic E-state index is 12.8. The lowest BCUT2D eigenvalue weighted by atomic mass is 9.97. The van der Waals surface area contributed by atoms with E-state index in [0.717, 1.165) is 24.2 Å². The highest BCUT2D eigenvalue weighted by molar-refractivity contribution is 6.32. The number of methoxy groups -OCH3 is 1. The number of carbonyl (C=O) groups excluding carboxylic acids is 1. The number of carbonyl (C=O) groups is 1. The van der Waals surface area contributed by atoms with Crippen molar-refractivity contribution in [2.45, 2.75) is 18.8 Å². The summed E-state index contributed by atoms with van der Waals surface area (Å²) in [7, 11) is 1.61. The van der Waals surface area contributed by atoms with E-state index in [-0.39, 0.29) is 17.0 Å². The van der Waals surface area contributed by atoms with Crippen LogP contribution in [0.25, 0.3) is 11.5 Å². The summed E-state index contributed by atoms with van der Waals surface area (Å²) in [6, 6.07) is 10.9. The van der Waals surface area contributed by atoms with Gasteiger partial charge in [0, 0.05) is 30.8 Å². The molecule has 1 unspecified atom stereocenters. The molecule has 0 saturated carbocycles. The smallest absolute Gasteiger partial charge is 0.258 e. The summed E-state index contributed by atoms with van der Waals surface area (Å²) in [6.45, 7) is 1.18. The summed E-state index contributed by atoms with van der Waals surface area (Å²) in [5, 5.41) is 4.37. The molecule has 4 rings (SSSR count). The van der Waals surface area contributed by atoms with Crippen molar-refractivity contribution in [3.05, 3.63) is 59.1 Å². The van der Waals surface area contributed by atoms with Crippen molar-refractivity contribution in [2.75, 3.05) is 20.2 Å². The fourth-order valence-electron chi connectivity index (χ4n) is 3.36. The molecular formula is C20H19ClN4O3. The average molecular weight is 399 g/mol. The zero-order valence-electron chi connectivity index (χ0n) is 15.3. The van der Waals surface area contributed by atoms with Crippen molar-refractivity contribution in [1.82, 2.24) is 20.0 Å². The number of nitrogens with zero attached hydrogens (tertiary/aromatic N) is 4. The fraction of sp³-hybridized carbons (Fsp3) is 0.300. The third kappa shape index (κ3) is 3.71. The maximum absolute atomic E-state index is 12.8. The highest BCUT2D eigenvalue weighted by Gasteiger charge is 2.29. The van der Waals surface area contributed by atoms with Crippen LogP contribution in [-0.2, 0) is 0 Å². The summed E-state index contributed by atoms with van der Waals surface area (Å²) in [6.07, 6.45) is 3.32. The normalized spacial score (nSPS) is 16.8. The van der Waals surface area contributed by atoms with Crippen LogP contribution in [-0.4, -0.2) is 46.1 Å². The Kier molecular flexibility index (Phi) is 5.25. The van der Waals surface area contributed by atoms with E-state index in [1.165, 1.54) is 0 Å². The van der Waals surface area contributed by atoms with Gasteiger partial charge < -0.3 is 14.2 Å². The largest absolute Gasteiger partial charge is 0.497 e. The first kappa shape index (κ1) is 18.4. The third-order valence-corrected chi connectivity index (χ3v) is 5.12. The molecule has 1 atom stereocenters. The van der Waals surface area contributed by atoms with Crippen LogP contribution in [0.3, 0.4) is 0 Å². The van der Waals surface area contributed by atoms with Gasteiger partial charge in [0.15, 0.2) is 5.82 Å². The van der Waals surface area contributed by atoms with E-state index in [2.05, 4.69) is 15.1 Å². The van der Waals surface area contributed by atoms with E-state index in [4.69, 9.17) is 20.9 Å². The van der Waals surface area contributed by atoms with Crippen LogP contribution in [0.5, 0.6) is 5.75 Å². The molecule has 8 heteroatoms. The predicted octanol–water partition coefficient (Wildman–Crippen LogP) is 3.81. The van der Waals surface area contributed by atoms with E-state index in [9.17, 15) is 4.79 Å². The number of rotatable bonds is 4. The van der Waals surface area contributed by atoms with Crippen LogP contribution in [0.2, 0.25) is 5.15 Å². The lowest BCUT2D eigenvalue weighted by Crippen LogP contribution is -2.39. The first-order valence-corrected chi connectivity index (χ1v) is 9.41. The number of likely N-dealkylation sites (tertiary alicyclic amines) is 1. The number of pyridine rings is 1. The number of aromatic nitrogens is 3. The molecular weight excluding hydrogens is 380 g/mol. The maximum Gasteiger partial charge on any atom is 0.258 e. The molecule has 3 aromatic rings. The minimum Gasteiger partial charge on any atom is -0.497 e. The quantitative estimate of drug-likeness (QED) is 0.621. The molecule has 1 fully saturated rings.